The molecule has 188 valence electrons. The predicted molar refractivity (Wildman–Crippen MR) is 151 cm³/mol. The SMILES string of the molecule is Cc1ccc([S@](=O)C[C@@H](O)CCCCCO[Si](c2ccccc2)(c2ccccc2)C(C)(C)C)cc1. The van der Waals surface area contributed by atoms with Gasteiger partial charge in [-0.25, -0.2) is 0 Å². The second-order valence-electron chi connectivity index (χ2n) is 10.3. The molecular formula is C30H40O3SSi. The van der Waals surface area contributed by atoms with Crippen molar-refractivity contribution in [1.82, 2.24) is 0 Å². The molecule has 5 heteroatoms. The summed E-state index contributed by atoms with van der Waals surface area (Å²) in [5.74, 6) is 0.293. The Hall–Kier alpha value is -2.05. The second-order valence-corrected chi connectivity index (χ2v) is 16.1. The molecule has 0 unspecified atom stereocenters. The van der Waals surface area contributed by atoms with Gasteiger partial charge in [0.2, 0.25) is 0 Å². The van der Waals surface area contributed by atoms with Gasteiger partial charge in [-0.15, -0.1) is 0 Å². The summed E-state index contributed by atoms with van der Waals surface area (Å²) in [7, 11) is -3.65. The van der Waals surface area contributed by atoms with E-state index < -0.39 is 25.2 Å². The molecule has 3 aromatic rings. The second kappa shape index (κ2) is 12.8. The van der Waals surface area contributed by atoms with Crippen molar-refractivity contribution in [2.24, 2.45) is 0 Å². The van der Waals surface area contributed by atoms with Crippen LogP contribution in [0, 0.1) is 6.92 Å². The number of aliphatic hydroxyl groups excluding tert-OH is 1. The van der Waals surface area contributed by atoms with Crippen molar-refractivity contribution in [2.75, 3.05) is 12.4 Å². The number of hydrogen-bond acceptors (Lipinski definition) is 3. The van der Waals surface area contributed by atoms with Gasteiger partial charge in [0.25, 0.3) is 8.32 Å². The fraction of sp³-hybridized carbons (Fsp3) is 0.400. The van der Waals surface area contributed by atoms with Gasteiger partial charge in [-0.3, -0.25) is 4.21 Å². The molecule has 2 atom stereocenters. The van der Waals surface area contributed by atoms with E-state index in [0.29, 0.717) is 18.8 Å². The molecular weight excluding hydrogens is 468 g/mol. The molecule has 0 spiro atoms. The van der Waals surface area contributed by atoms with Gasteiger partial charge in [0, 0.05) is 11.5 Å². The lowest BCUT2D eigenvalue weighted by Gasteiger charge is -2.43. The number of rotatable bonds is 12. The third-order valence-corrected chi connectivity index (χ3v) is 13.1. The van der Waals surface area contributed by atoms with Crippen LogP contribution in [0.2, 0.25) is 5.04 Å². The van der Waals surface area contributed by atoms with E-state index in [-0.39, 0.29) is 5.04 Å². The van der Waals surface area contributed by atoms with Crippen LogP contribution in [0.1, 0.15) is 52.0 Å². The molecule has 0 saturated heterocycles. The Morgan fingerprint density at radius 1 is 0.829 bits per heavy atom. The van der Waals surface area contributed by atoms with E-state index in [1.54, 1.807) is 0 Å². The van der Waals surface area contributed by atoms with E-state index in [1.807, 2.05) is 31.2 Å². The lowest BCUT2D eigenvalue weighted by atomic mass is 10.1. The van der Waals surface area contributed by atoms with Gasteiger partial charge >= 0.3 is 0 Å². The van der Waals surface area contributed by atoms with Crippen LogP contribution >= 0.6 is 0 Å². The molecule has 0 fully saturated rings. The molecule has 0 amide bonds. The van der Waals surface area contributed by atoms with Gasteiger partial charge in [-0.05, 0) is 47.3 Å². The zero-order valence-electron chi connectivity index (χ0n) is 21.6. The highest BCUT2D eigenvalue weighted by atomic mass is 32.2. The summed E-state index contributed by atoms with van der Waals surface area (Å²) in [6.07, 6.45) is 2.94. The van der Waals surface area contributed by atoms with Gasteiger partial charge in [-0.1, -0.05) is 112 Å². The summed E-state index contributed by atoms with van der Waals surface area (Å²) in [6, 6.07) is 29.1. The highest BCUT2D eigenvalue weighted by Crippen LogP contribution is 2.36. The smallest absolute Gasteiger partial charge is 0.261 e. The summed E-state index contributed by atoms with van der Waals surface area (Å²) in [6.45, 7) is 9.59. The van der Waals surface area contributed by atoms with Crippen LogP contribution < -0.4 is 10.4 Å². The van der Waals surface area contributed by atoms with Crippen molar-refractivity contribution < 1.29 is 13.7 Å². The van der Waals surface area contributed by atoms with Crippen LogP contribution in [0.15, 0.2) is 89.8 Å². The number of hydrogen-bond donors (Lipinski definition) is 1. The largest absolute Gasteiger partial charge is 0.407 e. The van der Waals surface area contributed by atoms with Crippen molar-refractivity contribution in [3.8, 4) is 0 Å². The quantitative estimate of drug-likeness (QED) is 0.256. The van der Waals surface area contributed by atoms with E-state index >= 15 is 0 Å². The first-order valence-electron chi connectivity index (χ1n) is 12.6. The fourth-order valence-corrected chi connectivity index (χ4v) is 10.4. The maximum atomic E-state index is 12.5. The first-order valence-corrected chi connectivity index (χ1v) is 15.8. The Bertz CT molecular complexity index is 1010. The molecule has 3 nitrogen and oxygen atoms in total. The minimum absolute atomic E-state index is 0.0219. The average Bonchev–Trinajstić information content (AvgIpc) is 2.84. The van der Waals surface area contributed by atoms with Crippen LogP contribution in [-0.4, -0.2) is 36.1 Å². The van der Waals surface area contributed by atoms with Crippen LogP contribution in [0.4, 0.5) is 0 Å². The first-order chi connectivity index (χ1) is 16.7. The normalized spacial score (nSPS) is 14.0. The number of benzene rings is 3. The molecule has 0 aliphatic heterocycles. The van der Waals surface area contributed by atoms with Gasteiger partial charge in [-0.2, -0.15) is 0 Å². The molecule has 1 N–H and O–H groups in total. The van der Waals surface area contributed by atoms with Crippen molar-refractivity contribution in [2.45, 2.75) is 69.4 Å². The fourth-order valence-electron chi connectivity index (χ4n) is 4.69. The Morgan fingerprint density at radius 2 is 1.37 bits per heavy atom. The highest BCUT2D eigenvalue weighted by Gasteiger charge is 2.49. The predicted octanol–water partition coefficient (Wildman–Crippen LogP) is 5.60. The molecule has 0 aliphatic carbocycles. The van der Waals surface area contributed by atoms with Crippen molar-refractivity contribution in [3.05, 3.63) is 90.5 Å². The minimum Gasteiger partial charge on any atom is -0.407 e. The molecule has 3 rings (SSSR count). The molecule has 0 saturated carbocycles. The van der Waals surface area contributed by atoms with Crippen molar-refractivity contribution >= 4 is 29.5 Å². The lowest BCUT2D eigenvalue weighted by molar-refractivity contribution is 0.182. The maximum Gasteiger partial charge on any atom is 0.261 e. The zero-order valence-corrected chi connectivity index (χ0v) is 23.4. The van der Waals surface area contributed by atoms with Crippen molar-refractivity contribution in [3.63, 3.8) is 0 Å². The van der Waals surface area contributed by atoms with Gasteiger partial charge in [0.1, 0.15) is 0 Å². The summed E-state index contributed by atoms with van der Waals surface area (Å²) in [5, 5.41) is 13.0. The van der Waals surface area contributed by atoms with E-state index in [4.69, 9.17) is 4.43 Å². The molecule has 0 aromatic heterocycles. The number of aryl methyl sites for hydroxylation is 1. The molecule has 0 heterocycles. The Kier molecular flexibility index (Phi) is 10.0. The van der Waals surface area contributed by atoms with Crippen LogP contribution in [-0.2, 0) is 15.2 Å². The summed E-state index contributed by atoms with van der Waals surface area (Å²) in [4.78, 5) is 0.786. The number of unbranched alkanes of at least 4 members (excludes halogenated alkanes) is 2. The van der Waals surface area contributed by atoms with Crippen molar-refractivity contribution in [1.29, 1.82) is 0 Å². The summed E-state index contributed by atoms with van der Waals surface area (Å²) >= 11 is 0. The summed E-state index contributed by atoms with van der Waals surface area (Å²) < 4.78 is 19.4. The molecule has 3 aromatic carbocycles. The molecule has 35 heavy (non-hydrogen) atoms. The van der Waals surface area contributed by atoms with Gasteiger partial charge < -0.3 is 9.53 Å². The van der Waals surface area contributed by atoms with E-state index in [1.165, 1.54) is 10.4 Å². The van der Waals surface area contributed by atoms with Gasteiger partial charge in [0.05, 0.1) is 22.7 Å². The van der Waals surface area contributed by atoms with E-state index in [9.17, 15) is 9.32 Å². The van der Waals surface area contributed by atoms with Crippen LogP contribution in [0.3, 0.4) is 0 Å². The van der Waals surface area contributed by atoms with E-state index in [2.05, 4.69) is 81.4 Å². The van der Waals surface area contributed by atoms with Gasteiger partial charge in [0.15, 0.2) is 0 Å². The Labute approximate surface area is 215 Å². The van der Waals surface area contributed by atoms with Crippen LogP contribution in [0.25, 0.3) is 0 Å². The maximum absolute atomic E-state index is 12.5. The monoisotopic (exact) mass is 508 g/mol. The molecule has 0 radical (unpaired) electrons. The van der Waals surface area contributed by atoms with Crippen LogP contribution in [0.5, 0.6) is 0 Å². The third kappa shape index (κ3) is 7.23. The Morgan fingerprint density at radius 3 is 1.89 bits per heavy atom. The third-order valence-electron chi connectivity index (χ3n) is 6.54. The summed E-state index contributed by atoms with van der Waals surface area (Å²) in [5.41, 5.74) is 1.14. The topological polar surface area (TPSA) is 46.5 Å². The van der Waals surface area contributed by atoms with E-state index in [0.717, 1.165) is 29.7 Å². The zero-order chi connectivity index (χ0) is 25.3. The minimum atomic E-state index is -2.48. The molecule has 0 bridgehead atoms. The number of aliphatic hydroxyl groups is 1. The average molecular weight is 509 g/mol. The molecule has 0 aliphatic rings. The first kappa shape index (κ1) is 27.5. The standard InChI is InChI=1S/C30H40O3SSi/c1-25-19-21-27(22-20-25)34(32)24-26(31)14-8-7-13-23-33-35(30(2,3)4,28-15-9-5-10-16-28)29-17-11-6-12-18-29/h5-6,9-12,15-22,26,31H,7-8,13-14,23-24H2,1-4H3/t26-,34+/m0/s1. The highest BCUT2D eigenvalue weighted by molar-refractivity contribution is 7.85. The lowest BCUT2D eigenvalue weighted by Crippen LogP contribution is -2.66. The Balaban J connectivity index is 1.55.